The highest BCUT2D eigenvalue weighted by molar-refractivity contribution is 5.06. The Hall–Kier alpha value is -1.36. The molecule has 1 fully saturated rings. The fraction of sp³-hybridized carbons (Fsp3) is 0.692. The van der Waals surface area contributed by atoms with Gasteiger partial charge in [0.05, 0.1) is 5.54 Å². The number of hydrogen-bond acceptors (Lipinski definition) is 4. The van der Waals surface area contributed by atoms with E-state index in [9.17, 15) is 4.79 Å². The predicted octanol–water partition coefficient (Wildman–Crippen LogP) is 1.47. The molecule has 5 heteroatoms. The third kappa shape index (κ3) is 2.72. The first-order valence-electron chi connectivity index (χ1n) is 6.51. The van der Waals surface area contributed by atoms with Crippen molar-refractivity contribution in [3.05, 3.63) is 22.7 Å². The Kier molecular flexibility index (Phi) is 3.71. The Bertz CT molecular complexity index is 462. The van der Waals surface area contributed by atoms with Gasteiger partial charge in [-0.3, -0.25) is 4.79 Å². The van der Waals surface area contributed by atoms with E-state index >= 15 is 0 Å². The van der Waals surface area contributed by atoms with E-state index < -0.39 is 0 Å². The van der Waals surface area contributed by atoms with Crippen LogP contribution in [0, 0.1) is 0 Å². The number of nitrogens with two attached hydrogens (primary N) is 1. The van der Waals surface area contributed by atoms with Gasteiger partial charge in [-0.25, -0.2) is 4.98 Å². The van der Waals surface area contributed by atoms with Gasteiger partial charge >= 0.3 is 5.56 Å². The van der Waals surface area contributed by atoms with Crippen LogP contribution in [0.2, 0.25) is 0 Å². The van der Waals surface area contributed by atoms with Crippen LogP contribution in [0.4, 0.5) is 0 Å². The normalized spacial score (nSPS) is 18.2. The van der Waals surface area contributed by atoms with E-state index in [0.717, 1.165) is 25.7 Å². The minimum atomic E-state index is -0.285. The van der Waals surface area contributed by atoms with Crippen LogP contribution < -0.4 is 16.0 Å². The fourth-order valence-corrected chi connectivity index (χ4v) is 2.35. The molecule has 0 spiro atoms. The fourth-order valence-electron chi connectivity index (χ4n) is 2.35. The maximum absolute atomic E-state index is 12.1. The monoisotopic (exact) mass is 251 g/mol. The Morgan fingerprint density at radius 3 is 2.78 bits per heavy atom. The van der Waals surface area contributed by atoms with E-state index in [1.807, 2.05) is 13.8 Å². The molecule has 0 atom stereocenters. The second-order valence-electron chi connectivity index (χ2n) is 5.40. The minimum Gasteiger partial charge on any atom is -0.472 e. The van der Waals surface area contributed by atoms with E-state index in [2.05, 4.69) is 4.98 Å². The van der Waals surface area contributed by atoms with Crippen LogP contribution in [0.15, 0.2) is 17.2 Å². The van der Waals surface area contributed by atoms with Crippen molar-refractivity contribution in [2.75, 3.05) is 6.61 Å². The average Bonchev–Trinajstić information content (AvgIpc) is 2.75. The molecule has 0 aromatic carbocycles. The molecule has 0 aliphatic heterocycles. The van der Waals surface area contributed by atoms with Crippen molar-refractivity contribution < 1.29 is 4.74 Å². The summed E-state index contributed by atoms with van der Waals surface area (Å²) in [5, 5.41) is 0. The van der Waals surface area contributed by atoms with Gasteiger partial charge < -0.3 is 15.0 Å². The molecule has 2 rings (SSSR count). The number of rotatable bonds is 4. The molecule has 1 aliphatic carbocycles. The maximum atomic E-state index is 12.1. The summed E-state index contributed by atoms with van der Waals surface area (Å²) in [7, 11) is 0. The van der Waals surface area contributed by atoms with Gasteiger partial charge in [-0.1, -0.05) is 12.8 Å². The van der Waals surface area contributed by atoms with Crippen molar-refractivity contribution in [3.63, 3.8) is 0 Å². The summed E-state index contributed by atoms with van der Waals surface area (Å²) in [6, 6.07) is 0.0983. The first kappa shape index (κ1) is 13.1. The largest absolute Gasteiger partial charge is 0.472 e. The van der Waals surface area contributed by atoms with Crippen molar-refractivity contribution in [2.45, 2.75) is 51.1 Å². The second-order valence-corrected chi connectivity index (χ2v) is 5.40. The van der Waals surface area contributed by atoms with Crippen LogP contribution in [-0.4, -0.2) is 21.7 Å². The lowest BCUT2D eigenvalue weighted by atomic mass is 10.0. The van der Waals surface area contributed by atoms with E-state index in [1.165, 1.54) is 0 Å². The van der Waals surface area contributed by atoms with Crippen LogP contribution in [0.25, 0.3) is 0 Å². The lowest BCUT2D eigenvalue weighted by molar-refractivity contribution is 0.209. The van der Waals surface area contributed by atoms with Gasteiger partial charge in [0.25, 0.3) is 5.88 Å². The van der Waals surface area contributed by atoms with Crippen molar-refractivity contribution >= 4 is 0 Å². The molecular weight excluding hydrogens is 230 g/mol. The van der Waals surface area contributed by atoms with Crippen molar-refractivity contribution in [3.8, 4) is 5.88 Å². The van der Waals surface area contributed by atoms with E-state index in [0.29, 0.717) is 6.61 Å². The SMILES string of the molecule is CC(C)n1ccnc(OCC2(N)CCCC2)c1=O. The van der Waals surface area contributed by atoms with Crippen molar-refractivity contribution in [1.29, 1.82) is 0 Å². The topological polar surface area (TPSA) is 70.1 Å². The van der Waals surface area contributed by atoms with Gasteiger partial charge in [0.1, 0.15) is 6.61 Å². The second kappa shape index (κ2) is 5.10. The summed E-state index contributed by atoms with van der Waals surface area (Å²) in [5.41, 5.74) is 5.72. The first-order valence-corrected chi connectivity index (χ1v) is 6.51. The number of hydrogen-bond donors (Lipinski definition) is 1. The maximum Gasteiger partial charge on any atom is 0.313 e. The van der Waals surface area contributed by atoms with Crippen LogP contribution >= 0.6 is 0 Å². The molecular formula is C13H21N3O2. The molecule has 0 amide bonds. The summed E-state index contributed by atoms with van der Waals surface area (Å²) in [4.78, 5) is 16.1. The van der Waals surface area contributed by atoms with Gasteiger partial charge in [0.2, 0.25) is 0 Å². The predicted molar refractivity (Wildman–Crippen MR) is 69.8 cm³/mol. The summed E-state index contributed by atoms with van der Waals surface area (Å²) in [6.45, 7) is 4.27. The highest BCUT2D eigenvalue weighted by atomic mass is 16.5. The quantitative estimate of drug-likeness (QED) is 0.879. The van der Waals surface area contributed by atoms with Gasteiger partial charge in [-0.15, -0.1) is 0 Å². The van der Waals surface area contributed by atoms with Crippen LogP contribution in [-0.2, 0) is 0 Å². The third-order valence-electron chi connectivity index (χ3n) is 3.49. The zero-order valence-corrected chi connectivity index (χ0v) is 11.1. The molecule has 18 heavy (non-hydrogen) atoms. The zero-order chi connectivity index (χ0) is 13.2. The van der Waals surface area contributed by atoms with Crippen LogP contribution in [0.5, 0.6) is 5.88 Å². The molecule has 0 saturated heterocycles. The molecule has 2 N–H and O–H groups in total. The van der Waals surface area contributed by atoms with Crippen LogP contribution in [0.1, 0.15) is 45.6 Å². The number of ether oxygens (including phenoxy) is 1. The Morgan fingerprint density at radius 1 is 1.50 bits per heavy atom. The molecule has 1 saturated carbocycles. The van der Waals surface area contributed by atoms with Gasteiger partial charge in [0, 0.05) is 18.4 Å². The molecule has 5 nitrogen and oxygen atoms in total. The Balaban J connectivity index is 2.10. The molecule has 0 unspecified atom stereocenters. The van der Waals surface area contributed by atoms with Gasteiger partial charge in [0.15, 0.2) is 0 Å². The first-order chi connectivity index (χ1) is 8.52. The summed E-state index contributed by atoms with van der Waals surface area (Å²) in [5.74, 6) is 0.155. The van der Waals surface area contributed by atoms with E-state index in [4.69, 9.17) is 10.5 Å². The molecule has 1 aromatic heterocycles. The molecule has 1 aliphatic rings. The number of aromatic nitrogens is 2. The Morgan fingerprint density at radius 2 is 2.17 bits per heavy atom. The van der Waals surface area contributed by atoms with E-state index in [1.54, 1.807) is 17.0 Å². The van der Waals surface area contributed by atoms with Crippen molar-refractivity contribution in [1.82, 2.24) is 9.55 Å². The lowest BCUT2D eigenvalue weighted by Crippen LogP contribution is -2.43. The number of nitrogens with zero attached hydrogens (tertiary/aromatic N) is 2. The van der Waals surface area contributed by atoms with Gasteiger partial charge in [-0.05, 0) is 26.7 Å². The highest BCUT2D eigenvalue weighted by Crippen LogP contribution is 2.27. The summed E-state index contributed by atoms with van der Waals surface area (Å²) in [6.07, 6.45) is 7.45. The smallest absolute Gasteiger partial charge is 0.313 e. The minimum absolute atomic E-state index is 0.0983. The highest BCUT2D eigenvalue weighted by Gasteiger charge is 2.30. The average molecular weight is 251 g/mol. The zero-order valence-electron chi connectivity index (χ0n) is 11.1. The van der Waals surface area contributed by atoms with Gasteiger partial charge in [-0.2, -0.15) is 0 Å². The molecule has 1 heterocycles. The molecule has 0 radical (unpaired) electrons. The lowest BCUT2D eigenvalue weighted by Gasteiger charge is -2.23. The summed E-state index contributed by atoms with van der Waals surface area (Å²) >= 11 is 0. The standard InChI is InChI=1S/C13H21N3O2/c1-10(2)16-8-7-15-11(12(16)17)18-9-13(14)5-3-4-6-13/h7-8,10H,3-6,9,14H2,1-2H3. The molecule has 100 valence electrons. The van der Waals surface area contributed by atoms with E-state index in [-0.39, 0.29) is 23.0 Å². The Labute approximate surface area is 107 Å². The molecule has 0 bridgehead atoms. The summed E-state index contributed by atoms with van der Waals surface area (Å²) < 4.78 is 7.16. The van der Waals surface area contributed by atoms with Crippen molar-refractivity contribution in [2.24, 2.45) is 5.73 Å². The third-order valence-corrected chi connectivity index (χ3v) is 3.49. The van der Waals surface area contributed by atoms with Crippen LogP contribution in [0.3, 0.4) is 0 Å². The molecule has 1 aromatic rings.